The van der Waals surface area contributed by atoms with Gasteiger partial charge >= 0.3 is 0 Å². The van der Waals surface area contributed by atoms with Crippen LogP contribution < -0.4 is 4.90 Å². The summed E-state index contributed by atoms with van der Waals surface area (Å²) in [5.74, 6) is -1.99. The van der Waals surface area contributed by atoms with E-state index in [1.165, 1.54) is 47.4 Å². The summed E-state index contributed by atoms with van der Waals surface area (Å²) >= 11 is 0.993. The van der Waals surface area contributed by atoms with E-state index in [-0.39, 0.29) is 27.6 Å². The fourth-order valence-corrected chi connectivity index (χ4v) is 3.95. The van der Waals surface area contributed by atoms with Gasteiger partial charge < -0.3 is 0 Å². The highest BCUT2D eigenvalue weighted by Crippen LogP contribution is 2.32. The summed E-state index contributed by atoms with van der Waals surface area (Å²) in [6.07, 6.45) is 5.99. The normalized spacial score (nSPS) is 11.2. The summed E-state index contributed by atoms with van der Waals surface area (Å²) < 4.78 is 28.0. The molecular weight excluding hydrogens is 438 g/mol. The second-order valence-corrected chi connectivity index (χ2v) is 7.71. The van der Waals surface area contributed by atoms with E-state index in [0.717, 1.165) is 23.0 Å². The SMILES string of the molecule is O=C(/C=C\c1ccc([N+](=O)[O-])cc1)N(Cc1cccnc1)c1nc2c(F)cc(F)cc2s1. The third kappa shape index (κ3) is 4.65. The summed E-state index contributed by atoms with van der Waals surface area (Å²) in [5.41, 5.74) is 1.23. The number of fused-ring (bicyclic) bond motifs is 1. The number of amides is 1. The molecule has 4 rings (SSSR count). The van der Waals surface area contributed by atoms with Gasteiger partial charge in [-0.2, -0.15) is 0 Å². The van der Waals surface area contributed by atoms with Crippen LogP contribution in [0.5, 0.6) is 0 Å². The van der Waals surface area contributed by atoms with Crippen LogP contribution >= 0.6 is 11.3 Å². The van der Waals surface area contributed by atoms with E-state index in [4.69, 9.17) is 0 Å². The predicted molar refractivity (Wildman–Crippen MR) is 117 cm³/mol. The number of benzene rings is 2. The minimum Gasteiger partial charge on any atom is -0.280 e. The second-order valence-electron chi connectivity index (χ2n) is 6.70. The van der Waals surface area contributed by atoms with Crippen LogP contribution in [-0.4, -0.2) is 20.8 Å². The van der Waals surface area contributed by atoms with Crippen molar-refractivity contribution in [2.75, 3.05) is 4.90 Å². The molecule has 0 N–H and O–H groups in total. The van der Waals surface area contributed by atoms with E-state index >= 15 is 0 Å². The Morgan fingerprint density at radius 2 is 1.97 bits per heavy atom. The number of thiazole rings is 1. The molecular formula is C22H14F2N4O3S. The molecule has 0 bridgehead atoms. The molecule has 0 fully saturated rings. The van der Waals surface area contributed by atoms with Gasteiger partial charge in [0.2, 0.25) is 0 Å². The fraction of sp³-hybridized carbons (Fsp3) is 0.0455. The molecule has 0 saturated carbocycles. The third-order valence-electron chi connectivity index (χ3n) is 4.48. The van der Waals surface area contributed by atoms with Crippen LogP contribution in [0.1, 0.15) is 11.1 Å². The number of nitro benzene ring substituents is 1. The van der Waals surface area contributed by atoms with E-state index in [2.05, 4.69) is 9.97 Å². The highest BCUT2D eigenvalue weighted by atomic mass is 32.1. The number of carbonyl (C=O) groups excluding carboxylic acids is 1. The average Bonchev–Trinajstić information content (AvgIpc) is 3.21. The topological polar surface area (TPSA) is 89.2 Å². The fourth-order valence-electron chi connectivity index (χ4n) is 2.94. The molecule has 0 aliphatic carbocycles. The first-order chi connectivity index (χ1) is 15.4. The first-order valence-corrected chi connectivity index (χ1v) is 10.1. The van der Waals surface area contributed by atoms with Gasteiger partial charge in [0.1, 0.15) is 11.3 Å². The van der Waals surface area contributed by atoms with Crippen molar-refractivity contribution in [1.29, 1.82) is 0 Å². The summed E-state index contributed by atoms with van der Waals surface area (Å²) in [4.78, 5) is 32.9. The molecule has 2 heterocycles. The zero-order valence-electron chi connectivity index (χ0n) is 16.3. The number of anilines is 1. The van der Waals surface area contributed by atoms with Crippen molar-refractivity contribution in [3.8, 4) is 0 Å². The van der Waals surface area contributed by atoms with Gasteiger partial charge in [0.15, 0.2) is 10.9 Å². The number of aromatic nitrogens is 2. The Morgan fingerprint density at radius 3 is 2.66 bits per heavy atom. The lowest BCUT2D eigenvalue weighted by molar-refractivity contribution is -0.384. The quantitative estimate of drug-likeness (QED) is 0.230. The number of carbonyl (C=O) groups is 1. The van der Waals surface area contributed by atoms with Gasteiger partial charge in [-0.25, -0.2) is 13.8 Å². The molecule has 4 aromatic rings. The summed E-state index contributed by atoms with van der Waals surface area (Å²) in [5, 5.41) is 11.0. The maximum absolute atomic E-state index is 14.1. The van der Waals surface area contributed by atoms with Crippen LogP contribution in [0, 0.1) is 21.7 Å². The van der Waals surface area contributed by atoms with E-state index in [1.54, 1.807) is 24.5 Å². The lowest BCUT2D eigenvalue weighted by Gasteiger charge is -2.18. The van der Waals surface area contributed by atoms with Crippen molar-refractivity contribution < 1.29 is 18.5 Å². The molecule has 0 unspecified atom stereocenters. The van der Waals surface area contributed by atoms with E-state index < -0.39 is 22.5 Å². The predicted octanol–water partition coefficient (Wildman–Crippen LogP) is 5.12. The standard InChI is InChI=1S/C22H14F2N4O3S/c23-16-10-18(24)21-19(11-16)32-22(26-21)27(13-15-2-1-9-25-12-15)20(29)8-5-14-3-6-17(7-4-14)28(30)31/h1-12H,13H2/b8-5-. The molecule has 2 aromatic carbocycles. The lowest BCUT2D eigenvalue weighted by Crippen LogP contribution is -2.28. The molecule has 0 saturated heterocycles. The number of hydrogen-bond acceptors (Lipinski definition) is 6. The molecule has 32 heavy (non-hydrogen) atoms. The first kappa shape index (κ1) is 21.2. The molecule has 2 aromatic heterocycles. The summed E-state index contributed by atoms with van der Waals surface area (Å²) in [6.45, 7) is 0.112. The van der Waals surface area contributed by atoms with Crippen LogP contribution in [0.3, 0.4) is 0 Å². The average molecular weight is 452 g/mol. The highest BCUT2D eigenvalue weighted by Gasteiger charge is 2.20. The smallest absolute Gasteiger partial charge is 0.269 e. The maximum atomic E-state index is 14.1. The van der Waals surface area contributed by atoms with E-state index in [1.807, 2.05) is 0 Å². The minimum absolute atomic E-state index is 0.0188. The molecule has 7 nitrogen and oxygen atoms in total. The van der Waals surface area contributed by atoms with Crippen molar-refractivity contribution >= 4 is 44.4 Å². The number of halogens is 2. The second kappa shape index (κ2) is 8.98. The monoisotopic (exact) mass is 452 g/mol. The van der Waals surface area contributed by atoms with Gasteiger partial charge in [-0.05, 0) is 41.5 Å². The van der Waals surface area contributed by atoms with Gasteiger partial charge in [0, 0.05) is 36.7 Å². The lowest BCUT2D eigenvalue weighted by atomic mass is 10.2. The molecule has 160 valence electrons. The Hall–Kier alpha value is -4.05. The first-order valence-electron chi connectivity index (χ1n) is 9.29. The van der Waals surface area contributed by atoms with Gasteiger partial charge in [-0.1, -0.05) is 17.4 Å². The van der Waals surface area contributed by atoms with Crippen molar-refractivity contribution in [3.05, 3.63) is 99.9 Å². The molecule has 0 radical (unpaired) electrons. The van der Waals surface area contributed by atoms with E-state index in [9.17, 15) is 23.7 Å². The van der Waals surface area contributed by atoms with Crippen LogP contribution in [0.15, 0.2) is 67.0 Å². The van der Waals surface area contributed by atoms with Crippen molar-refractivity contribution in [1.82, 2.24) is 9.97 Å². The number of nitrogens with zero attached hydrogens (tertiary/aromatic N) is 4. The third-order valence-corrected chi connectivity index (χ3v) is 5.51. The maximum Gasteiger partial charge on any atom is 0.269 e. The number of hydrogen-bond donors (Lipinski definition) is 0. The van der Waals surface area contributed by atoms with Gasteiger partial charge in [0.05, 0.1) is 16.2 Å². The Kier molecular flexibility index (Phi) is 5.95. The zero-order valence-corrected chi connectivity index (χ0v) is 17.1. The van der Waals surface area contributed by atoms with Crippen molar-refractivity contribution in [3.63, 3.8) is 0 Å². The molecule has 0 aliphatic heterocycles. The van der Waals surface area contributed by atoms with Crippen LogP contribution in [0.4, 0.5) is 19.6 Å². The highest BCUT2D eigenvalue weighted by molar-refractivity contribution is 7.22. The minimum atomic E-state index is -0.808. The van der Waals surface area contributed by atoms with Gasteiger partial charge in [-0.3, -0.25) is 24.8 Å². The van der Waals surface area contributed by atoms with Crippen molar-refractivity contribution in [2.24, 2.45) is 0 Å². The largest absolute Gasteiger partial charge is 0.280 e. The van der Waals surface area contributed by atoms with Gasteiger partial charge in [-0.15, -0.1) is 0 Å². The zero-order chi connectivity index (χ0) is 22.7. The van der Waals surface area contributed by atoms with E-state index in [0.29, 0.717) is 5.56 Å². The van der Waals surface area contributed by atoms with Crippen LogP contribution in [-0.2, 0) is 11.3 Å². The Balaban J connectivity index is 1.66. The summed E-state index contributed by atoms with van der Waals surface area (Å²) in [6, 6.07) is 11.1. The number of pyridine rings is 1. The molecule has 0 aliphatic rings. The number of nitro groups is 1. The van der Waals surface area contributed by atoms with Crippen LogP contribution in [0.2, 0.25) is 0 Å². The summed E-state index contributed by atoms with van der Waals surface area (Å²) in [7, 11) is 0. The Morgan fingerprint density at radius 1 is 1.19 bits per heavy atom. The van der Waals surface area contributed by atoms with Crippen LogP contribution in [0.25, 0.3) is 16.3 Å². The van der Waals surface area contributed by atoms with Crippen molar-refractivity contribution in [2.45, 2.75) is 6.54 Å². The molecule has 0 atom stereocenters. The Labute approximate surface area is 184 Å². The Bertz CT molecular complexity index is 1320. The number of rotatable bonds is 6. The van der Waals surface area contributed by atoms with Gasteiger partial charge in [0.25, 0.3) is 11.6 Å². The molecule has 1 amide bonds. The molecule has 10 heteroatoms. The number of non-ortho nitro benzene ring substituents is 1. The molecule has 0 spiro atoms.